The SMILES string of the molecule is COc1cnc(N=CN=CN)c2[nH]cc(C(=O)C(=O)O)c12. The molecule has 108 valence electrons. The number of ketones is 1. The second kappa shape index (κ2) is 5.82. The van der Waals surface area contributed by atoms with Crippen molar-refractivity contribution in [1.82, 2.24) is 9.97 Å². The van der Waals surface area contributed by atoms with Crippen LogP contribution in [-0.4, -0.2) is 46.6 Å². The van der Waals surface area contributed by atoms with Crippen LogP contribution in [-0.2, 0) is 4.79 Å². The predicted octanol–water partition coefficient (Wildman–Crippen LogP) is 0.486. The van der Waals surface area contributed by atoms with Crippen LogP contribution in [0.3, 0.4) is 0 Å². The summed E-state index contributed by atoms with van der Waals surface area (Å²) in [5.74, 6) is -2.13. The maximum atomic E-state index is 11.7. The fourth-order valence-electron chi connectivity index (χ4n) is 1.78. The molecule has 0 aliphatic carbocycles. The number of hydrogen-bond acceptors (Lipinski definition) is 5. The number of aromatic amines is 1. The molecule has 0 bridgehead atoms. The molecule has 0 fully saturated rings. The molecule has 0 spiro atoms. The van der Waals surface area contributed by atoms with Crippen LogP contribution in [0.1, 0.15) is 10.4 Å². The molecule has 0 radical (unpaired) electrons. The number of carbonyl (C=O) groups is 2. The second-order valence-electron chi connectivity index (χ2n) is 3.78. The summed E-state index contributed by atoms with van der Waals surface area (Å²) >= 11 is 0. The Morgan fingerprint density at radius 2 is 2.29 bits per heavy atom. The number of aromatic nitrogens is 2. The van der Waals surface area contributed by atoms with Crippen LogP contribution in [0.4, 0.5) is 5.82 Å². The highest BCUT2D eigenvalue weighted by molar-refractivity contribution is 6.42. The summed E-state index contributed by atoms with van der Waals surface area (Å²) < 4.78 is 5.11. The Hall–Kier alpha value is -3.23. The maximum absolute atomic E-state index is 11.7. The van der Waals surface area contributed by atoms with Crippen LogP contribution in [0, 0.1) is 0 Å². The summed E-state index contributed by atoms with van der Waals surface area (Å²) in [7, 11) is 1.39. The summed E-state index contributed by atoms with van der Waals surface area (Å²) in [6.45, 7) is 0. The number of ether oxygens (including phenoxy) is 1. The van der Waals surface area contributed by atoms with E-state index in [1.807, 2.05) is 0 Å². The Kier molecular flexibility index (Phi) is 3.93. The van der Waals surface area contributed by atoms with Gasteiger partial charge in [0.1, 0.15) is 12.1 Å². The van der Waals surface area contributed by atoms with Gasteiger partial charge in [0.05, 0.1) is 36.1 Å². The van der Waals surface area contributed by atoms with Crippen molar-refractivity contribution in [3.8, 4) is 5.75 Å². The van der Waals surface area contributed by atoms with Crippen molar-refractivity contribution in [3.05, 3.63) is 18.0 Å². The van der Waals surface area contributed by atoms with Crippen LogP contribution in [0.5, 0.6) is 5.75 Å². The second-order valence-corrected chi connectivity index (χ2v) is 3.78. The molecule has 0 atom stereocenters. The number of aliphatic imine (C=N–C) groups is 2. The molecule has 0 amide bonds. The van der Waals surface area contributed by atoms with E-state index in [-0.39, 0.29) is 17.1 Å². The van der Waals surface area contributed by atoms with Gasteiger partial charge in [0.25, 0.3) is 5.78 Å². The minimum Gasteiger partial charge on any atom is -0.494 e. The van der Waals surface area contributed by atoms with E-state index in [0.29, 0.717) is 10.9 Å². The molecule has 0 aliphatic heterocycles. The molecule has 0 saturated carbocycles. The summed E-state index contributed by atoms with van der Waals surface area (Å²) in [6.07, 6.45) is 4.84. The van der Waals surface area contributed by atoms with Crippen LogP contribution in [0.25, 0.3) is 10.9 Å². The molecule has 0 aliphatic rings. The van der Waals surface area contributed by atoms with Crippen molar-refractivity contribution < 1.29 is 19.4 Å². The average Bonchev–Trinajstić information content (AvgIpc) is 2.92. The van der Waals surface area contributed by atoms with Crippen LogP contribution >= 0.6 is 0 Å². The lowest BCUT2D eigenvalue weighted by atomic mass is 10.1. The van der Waals surface area contributed by atoms with E-state index in [4.69, 9.17) is 15.6 Å². The van der Waals surface area contributed by atoms with Gasteiger partial charge in [-0.2, -0.15) is 0 Å². The lowest BCUT2D eigenvalue weighted by Crippen LogP contribution is -2.12. The fraction of sp³-hybridized carbons (Fsp3) is 0.0833. The zero-order valence-corrected chi connectivity index (χ0v) is 10.9. The van der Waals surface area contributed by atoms with Gasteiger partial charge in [-0.3, -0.25) is 4.79 Å². The molecule has 2 aromatic rings. The zero-order chi connectivity index (χ0) is 15.4. The maximum Gasteiger partial charge on any atom is 0.377 e. The summed E-state index contributed by atoms with van der Waals surface area (Å²) in [4.78, 5) is 36.9. The molecule has 21 heavy (non-hydrogen) atoms. The largest absolute Gasteiger partial charge is 0.494 e. The number of H-pyrrole nitrogens is 1. The molecule has 0 saturated heterocycles. The molecule has 9 heteroatoms. The molecule has 2 aromatic heterocycles. The third kappa shape index (κ3) is 2.56. The number of pyridine rings is 1. The number of nitrogens with zero attached hydrogens (tertiary/aromatic N) is 3. The van der Waals surface area contributed by atoms with Crippen molar-refractivity contribution >= 4 is 41.2 Å². The van der Waals surface area contributed by atoms with Crippen molar-refractivity contribution in [1.29, 1.82) is 0 Å². The highest BCUT2D eigenvalue weighted by Gasteiger charge is 2.23. The van der Waals surface area contributed by atoms with E-state index >= 15 is 0 Å². The molecule has 0 aromatic carbocycles. The lowest BCUT2D eigenvalue weighted by Gasteiger charge is -2.04. The van der Waals surface area contributed by atoms with Crippen LogP contribution in [0.15, 0.2) is 22.4 Å². The van der Waals surface area contributed by atoms with Gasteiger partial charge in [-0.1, -0.05) is 0 Å². The van der Waals surface area contributed by atoms with Gasteiger partial charge < -0.3 is 20.6 Å². The Labute approximate surface area is 118 Å². The number of nitrogens with two attached hydrogens (primary N) is 1. The van der Waals surface area contributed by atoms with Crippen molar-refractivity contribution in [2.75, 3.05) is 7.11 Å². The van der Waals surface area contributed by atoms with E-state index in [0.717, 1.165) is 6.34 Å². The number of carboxylic acid groups (broad SMARTS) is 1. The predicted molar refractivity (Wildman–Crippen MR) is 75.4 cm³/mol. The number of nitrogens with one attached hydrogen (secondary N) is 1. The molecule has 2 rings (SSSR count). The van der Waals surface area contributed by atoms with Gasteiger partial charge in [-0.05, 0) is 0 Å². The molecule has 4 N–H and O–H groups in total. The van der Waals surface area contributed by atoms with Gasteiger partial charge in [0.15, 0.2) is 5.82 Å². The third-order valence-electron chi connectivity index (χ3n) is 2.65. The Morgan fingerprint density at radius 3 is 2.90 bits per heavy atom. The Bertz CT molecular complexity index is 762. The van der Waals surface area contributed by atoms with Gasteiger partial charge in [-0.25, -0.2) is 19.8 Å². The standard InChI is InChI=1S/C12H11N5O4/c1-21-7-3-16-11(17-5-14-4-13)9-8(7)6(2-15-9)10(18)12(19)20/h2-5,15H,1H3,(H,19,20)(H2,13,14,16,17). The third-order valence-corrected chi connectivity index (χ3v) is 2.65. The first-order valence-corrected chi connectivity index (χ1v) is 5.67. The van der Waals surface area contributed by atoms with Crippen molar-refractivity contribution in [2.45, 2.75) is 0 Å². The topological polar surface area (TPSA) is 143 Å². The van der Waals surface area contributed by atoms with E-state index in [2.05, 4.69) is 20.0 Å². The minimum absolute atomic E-state index is 0.0319. The molecular formula is C12H11N5O4. The highest BCUT2D eigenvalue weighted by Crippen LogP contribution is 2.33. The van der Waals surface area contributed by atoms with Crippen LogP contribution in [0.2, 0.25) is 0 Å². The number of Topliss-reactive ketones (excluding diaryl/α,β-unsaturated/α-hetero) is 1. The summed E-state index contributed by atoms with van der Waals surface area (Å²) in [5, 5.41) is 9.13. The number of methoxy groups -OCH3 is 1. The average molecular weight is 289 g/mol. The first-order valence-electron chi connectivity index (χ1n) is 5.67. The van der Waals surface area contributed by atoms with E-state index in [1.165, 1.54) is 25.8 Å². The van der Waals surface area contributed by atoms with E-state index < -0.39 is 11.8 Å². The summed E-state index contributed by atoms with van der Waals surface area (Å²) in [5.41, 5.74) is 5.42. The number of carboxylic acids is 1. The molecule has 0 unspecified atom stereocenters. The van der Waals surface area contributed by atoms with Crippen molar-refractivity contribution in [3.63, 3.8) is 0 Å². The number of hydrogen-bond donors (Lipinski definition) is 3. The molecule has 9 nitrogen and oxygen atoms in total. The van der Waals surface area contributed by atoms with Gasteiger partial charge in [0.2, 0.25) is 0 Å². The first-order chi connectivity index (χ1) is 10.1. The van der Waals surface area contributed by atoms with E-state index in [1.54, 1.807) is 0 Å². The highest BCUT2D eigenvalue weighted by atomic mass is 16.5. The number of rotatable bonds is 5. The normalized spacial score (nSPS) is 11.5. The molecule has 2 heterocycles. The van der Waals surface area contributed by atoms with Crippen LogP contribution < -0.4 is 10.5 Å². The van der Waals surface area contributed by atoms with Gasteiger partial charge >= 0.3 is 5.97 Å². The molecular weight excluding hydrogens is 278 g/mol. The van der Waals surface area contributed by atoms with Crippen molar-refractivity contribution in [2.24, 2.45) is 15.7 Å². The Balaban J connectivity index is 2.68. The fourth-order valence-corrected chi connectivity index (χ4v) is 1.78. The number of fused-ring (bicyclic) bond motifs is 1. The number of aliphatic carboxylic acids is 1. The van der Waals surface area contributed by atoms with Gasteiger partial charge in [0, 0.05) is 6.20 Å². The number of carbonyl (C=O) groups excluding carboxylic acids is 1. The monoisotopic (exact) mass is 289 g/mol. The zero-order valence-electron chi connectivity index (χ0n) is 10.9. The Morgan fingerprint density at radius 1 is 1.52 bits per heavy atom. The summed E-state index contributed by atoms with van der Waals surface area (Å²) in [6, 6.07) is 0. The van der Waals surface area contributed by atoms with E-state index in [9.17, 15) is 9.59 Å². The smallest absolute Gasteiger partial charge is 0.377 e. The first kappa shape index (κ1) is 14.2. The minimum atomic E-state index is -1.56. The lowest BCUT2D eigenvalue weighted by molar-refractivity contribution is -0.131. The van der Waals surface area contributed by atoms with Gasteiger partial charge in [-0.15, -0.1) is 0 Å². The quantitative estimate of drug-likeness (QED) is 0.316.